The molecule has 2 N–H and O–H groups in total. The average Bonchev–Trinajstić information content (AvgIpc) is 2.93. The van der Waals surface area contributed by atoms with Crippen molar-refractivity contribution in [3.8, 4) is 5.75 Å². The van der Waals surface area contributed by atoms with E-state index in [0.717, 1.165) is 25.1 Å². The Bertz CT molecular complexity index is 461. The van der Waals surface area contributed by atoms with E-state index in [2.05, 4.69) is 17.4 Å². The van der Waals surface area contributed by atoms with Crippen molar-refractivity contribution in [1.82, 2.24) is 10.2 Å². The van der Waals surface area contributed by atoms with Crippen LogP contribution in [0, 0.1) is 0 Å². The predicted octanol–water partition coefficient (Wildman–Crippen LogP) is 0.809. The third kappa shape index (κ3) is 4.44. The highest BCUT2D eigenvalue weighted by molar-refractivity contribution is 5.82. The van der Waals surface area contributed by atoms with Gasteiger partial charge in [0.2, 0.25) is 5.91 Å². The van der Waals surface area contributed by atoms with Crippen molar-refractivity contribution in [3.63, 3.8) is 0 Å². The van der Waals surface area contributed by atoms with Gasteiger partial charge in [-0.1, -0.05) is 12.1 Å². The molecule has 1 fully saturated rings. The number of aliphatic hydroxyl groups is 1. The quantitative estimate of drug-likeness (QED) is 0.814. The van der Waals surface area contributed by atoms with E-state index in [1.165, 1.54) is 5.56 Å². The van der Waals surface area contributed by atoms with Gasteiger partial charge in [-0.15, -0.1) is 0 Å². The molecule has 0 bridgehead atoms. The second kappa shape index (κ2) is 7.43. The molecule has 0 spiro atoms. The SMILES string of the molecule is COc1ccc(CCCN(C)C(=O)C2CC(O)CN2)cc1. The summed E-state index contributed by atoms with van der Waals surface area (Å²) in [6.07, 6.45) is 1.97. The number of carbonyl (C=O) groups is 1. The van der Waals surface area contributed by atoms with Gasteiger partial charge in [-0.2, -0.15) is 0 Å². The first kappa shape index (κ1) is 15.8. The minimum Gasteiger partial charge on any atom is -0.497 e. The Balaban J connectivity index is 1.73. The lowest BCUT2D eigenvalue weighted by Gasteiger charge is -2.21. The van der Waals surface area contributed by atoms with Crippen LogP contribution in [0.3, 0.4) is 0 Å². The molecule has 116 valence electrons. The lowest BCUT2D eigenvalue weighted by molar-refractivity contribution is -0.131. The van der Waals surface area contributed by atoms with Crippen LogP contribution in [0.2, 0.25) is 0 Å². The molecule has 1 amide bonds. The Hall–Kier alpha value is -1.59. The van der Waals surface area contributed by atoms with Crippen LogP contribution >= 0.6 is 0 Å². The smallest absolute Gasteiger partial charge is 0.239 e. The Morgan fingerprint density at radius 2 is 2.14 bits per heavy atom. The number of hydrogen-bond acceptors (Lipinski definition) is 4. The van der Waals surface area contributed by atoms with E-state index >= 15 is 0 Å². The van der Waals surface area contributed by atoms with Crippen molar-refractivity contribution in [3.05, 3.63) is 29.8 Å². The summed E-state index contributed by atoms with van der Waals surface area (Å²) >= 11 is 0. The average molecular weight is 292 g/mol. The van der Waals surface area contributed by atoms with E-state index in [4.69, 9.17) is 4.74 Å². The summed E-state index contributed by atoms with van der Waals surface area (Å²) in [5.41, 5.74) is 1.24. The monoisotopic (exact) mass is 292 g/mol. The van der Waals surface area contributed by atoms with Gasteiger partial charge >= 0.3 is 0 Å². The Labute approximate surface area is 125 Å². The molecule has 0 aromatic heterocycles. The van der Waals surface area contributed by atoms with E-state index in [9.17, 15) is 9.90 Å². The first-order valence-corrected chi connectivity index (χ1v) is 7.39. The number of carbonyl (C=O) groups excluding carboxylic acids is 1. The number of ether oxygens (including phenoxy) is 1. The van der Waals surface area contributed by atoms with Crippen LogP contribution < -0.4 is 10.1 Å². The summed E-state index contributed by atoms with van der Waals surface area (Å²) in [5, 5.41) is 12.5. The standard InChI is InChI=1S/C16H24N2O3/c1-18(16(20)15-10-13(19)11-17-15)9-3-4-12-5-7-14(21-2)8-6-12/h5-8,13,15,17,19H,3-4,9-11H2,1-2H3. The molecule has 2 rings (SSSR count). The molecule has 1 heterocycles. The highest BCUT2D eigenvalue weighted by Gasteiger charge is 2.29. The van der Waals surface area contributed by atoms with Gasteiger partial charge in [-0.05, 0) is 37.0 Å². The number of aryl methyl sites for hydroxylation is 1. The van der Waals surface area contributed by atoms with Crippen molar-refractivity contribution in [1.29, 1.82) is 0 Å². The van der Waals surface area contributed by atoms with Gasteiger partial charge in [-0.25, -0.2) is 0 Å². The van der Waals surface area contributed by atoms with Gasteiger partial charge in [-0.3, -0.25) is 4.79 Å². The predicted molar refractivity (Wildman–Crippen MR) is 81.4 cm³/mol. The fourth-order valence-electron chi connectivity index (χ4n) is 2.59. The minimum atomic E-state index is -0.397. The number of β-amino-alcohol motifs (C(OH)–C–C–N with tert-alkyl or cyclic N) is 1. The third-order valence-corrected chi connectivity index (χ3v) is 3.90. The van der Waals surface area contributed by atoms with Gasteiger partial charge < -0.3 is 20.1 Å². The van der Waals surface area contributed by atoms with Crippen molar-refractivity contribution in [2.24, 2.45) is 0 Å². The number of hydrogen-bond donors (Lipinski definition) is 2. The first-order chi connectivity index (χ1) is 10.1. The molecule has 5 heteroatoms. The lowest BCUT2D eigenvalue weighted by atomic mass is 10.1. The topological polar surface area (TPSA) is 61.8 Å². The van der Waals surface area contributed by atoms with Gasteiger partial charge in [0.1, 0.15) is 5.75 Å². The van der Waals surface area contributed by atoms with Crippen LogP contribution in [0.5, 0.6) is 5.75 Å². The lowest BCUT2D eigenvalue weighted by Crippen LogP contribution is -2.42. The molecule has 21 heavy (non-hydrogen) atoms. The Morgan fingerprint density at radius 3 is 2.71 bits per heavy atom. The summed E-state index contributed by atoms with van der Waals surface area (Å²) in [6, 6.07) is 7.78. The van der Waals surface area contributed by atoms with Crippen LogP contribution in [0.1, 0.15) is 18.4 Å². The first-order valence-electron chi connectivity index (χ1n) is 7.39. The van der Waals surface area contributed by atoms with E-state index < -0.39 is 6.10 Å². The molecule has 2 atom stereocenters. The normalized spacial score (nSPS) is 21.3. The second-order valence-corrected chi connectivity index (χ2v) is 5.56. The van der Waals surface area contributed by atoms with Crippen LogP contribution in [-0.4, -0.2) is 55.3 Å². The number of methoxy groups -OCH3 is 1. The van der Waals surface area contributed by atoms with Crippen molar-refractivity contribution >= 4 is 5.91 Å². The highest BCUT2D eigenvalue weighted by atomic mass is 16.5. The van der Waals surface area contributed by atoms with E-state index in [1.807, 2.05) is 19.2 Å². The van der Waals surface area contributed by atoms with Gasteiger partial charge in [0.25, 0.3) is 0 Å². The summed E-state index contributed by atoms with van der Waals surface area (Å²) in [5.74, 6) is 0.929. The van der Waals surface area contributed by atoms with E-state index in [1.54, 1.807) is 12.0 Å². The van der Waals surface area contributed by atoms with Gasteiger partial charge in [0, 0.05) is 20.1 Å². The fraction of sp³-hybridized carbons (Fsp3) is 0.562. The number of amides is 1. The zero-order valence-corrected chi connectivity index (χ0v) is 12.7. The van der Waals surface area contributed by atoms with Gasteiger partial charge in [0.05, 0.1) is 19.3 Å². The highest BCUT2D eigenvalue weighted by Crippen LogP contribution is 2.13. The molecule has 1 aromatic carbocycles. The number of rotatable bonds is 6. The maximum absolute atomic E-state index is 12.2. The molecular formula is C16H24N2O3. The fourth-order valence-corrected chi connectivity index (χ4v) is 2.59. The van der Waals surface area contributed by atoms with Crippen molar-refractivity contribution in [2.75, 3.05) is 27.2 Å². The molecule has 1 aliphatic rings. The molecule has 1 aromatic rings. The summed E-state index contributed by atoms with van der Waals surface area (Å²) in [4.78, 5) is 13.9. The van der Waals surface area contributed by atoms with Crippen LogP contribution in [0.25, 0.3) is 0 Å². The second-order valence-electron chi connectivity index (χ2n) is 5.56. The molecule has 0 aliphatic carbocycles. The number of aliphatic hydroxyl groups excluding tert-OH is 1. The van der Waals surface area contributed by atoms with Gasteiger partial charge in [0.15, 0.2) is 0 Å². The van der Waals surface area contributed by atoms with Crippen molar-refractivity contribution in [2.45, 2.75) is 31.4 Å². The largest absolute Gasteiger partial charge is 0.497 e. The molecule has 1 aliphatic heterocycles. The molecule has 1 saturated heterocycles. The summed E-state index contributed by atoms with van der Waals surface area (Å²) in [7, 11) is 3.48. The number of nitrogens with one attached hydrogen (secondary N) is 1. The Kier molecular flexibility index (Phi) is 5.59. The third-order valence-electron chi connectivity index (χ3n) is 3.90. The summed E-state index contributed by atoms with van der Waals surface area (Å²) in [6.45, 7) is 1.23. The zero-order valence-electron chi connectivity index (χ0n) is 12.7. The maximum Gasteiger partial charge on any atom is 0.239 e. The van der Waals surface area contributed by atoms with Crippen LogP contribution in [-0.2, 0) is 11.2 Å². The molecule has 0 saturated carbocycles. The molecule has 0 radical (unpaired) electrons. The molecular weight excluding hydrogens is 268 g/mol. The van der Waals surface area contributed by atoms with E-state index in [0.29, 0.717) is 13.0 Å². The Morgan fingerprint density at radius 1 is 1.43 bits per heavy atom. The number of benzene rings is 1. The molecule has 5 nitrogen and oxygen atoms in total. The maximum atomic E-state index is 12.2. The van der Waals surface area contributed by atoms with Crippen molar-refractivity contribution < 1.29 is 14.6 Å². The van der Waals surface area contributed by atoms with Crippen LogP contribution in [0.15, 0.2) is 24.3 Å². The van der Waals surface area contributed by atoms with Crippen LogP contribution in [0.4, 0.5) is 0 Å². The van der Waals surface area contributed by atoms with E-state index in [-0.39, 0.29) is 11.9 Å². The number of likely N-dealkylation sites (N-methyl/N-ethyl adjacent to an activating group) is 1. The minimum absolute atomic E-state index is 0.0706. The summed E-state index contributed by atoms with van der Waals surface area (Å²) < 4.78 is 5.13. The zero-order chi connectivity index (χ0) is 15.2. The number of nitrogens with zero attached hydrogens (tertiary/aromatic N) is 1. The molecule has 2 unspecified atom stereocenters.